The van der Waals surface area contributed by atoms with Crippen molar-refractivity contribution >= 4 is 15.9 Å². The highest BCUT2D eigenvalue weighted by molar-refractivity contribution is 7.89. The Labute approximate surface area is 149 Å². The number of hydrogen-bond acceptors (Lipinski definition) is 3. The Balaban J connectivity index is 1.98. The second-order valence-corrected chi connectivity index (χ2v) is 7.84. The van der Waals surface area contributed by atoms with Gasteiger partial charge in [0.1, 0.15) is 0 Å². The fourth-order valence-electron chi connectivity index (χ4n) is 2.43. The van der Waals surface area contributed by atoms with Crippen molar-refractivity contribution in [1.82, 2.24) is 9.62 Å². The SMILES string of the molecule is CC(=O)N(CCNS(=O)(=O)c1ccc(C)c(C)c1)Cc1ccccc1. The van der Waals surface area contributed by atoms with Gasteiger partial charge in [0.15, 0.2) is 0 Å². The highest BCUT2D eigenvalue weighted by Crippen LogP contribution is 2.14. The lowest BCUT2D eigenvalue weighted by Gasteiger charge is -2.21. The second kappa shape index (κ2) is 8.27. The number of nitrogens with zero attached hydrogens (tertiary/aromatic N) is 1. The highest BCUT2D eigenvalue weighted by atomic mass is 32.2. The van der Waals surface area contributed by atoms with E-state index in [9.17, 15) is 13.2 Å². The predicted octanol–water partition coefficient (Wildman–Crippen LogP) is 2.63. The molecule has 6 heteroatoms. The smallest absolute Gasteiger partial charge is 0.240 e. The maximum atomic E-state index is 12.4. The zero-order chi connectivity index (χ0) is 18.4. The molecule has 0 aliphatic heterocycles. The van der Waals surface area contributed by atoms with Crippen LogP contribution in [-0.2, 0) is 21.4 Å². The van der Waals surface area contributed by atoms with Crippen LogP contribution < -0.4 is 4.72 Å². The molecule has 1 amide bonds. The first kappa shape index (κ1) is 19.1. The third-order valence-corrected chi connectivity index (χ3v) is 5.58. The summed E-state index contributed by atoms with van der Waals surface area (Å²) in [6.07, 6.45) is 0. The average molecular weight is 360 g/mol. The molecule has 0 aromatic heterocycles. The molecule has 0 bridgehead atoms. The summed E-state index contributed by atoms with van der Waals surface area (Å²) in [5, 5.41) is 0. The Hall–Kier alpha value is -2.18. The van der Waals surface area contributed by atoms with Gasteiger partial charge in [0.2, 0.25) is 15.9 Å². The van der Waals surface area contributed by atoms with Crippen LogP contribution in [0.3, 0.4) is 0 Å². The number of aryl methyl sites for hydroxylation is 2. The van der Waals surface area contributed by atoms with E-state index in [-0.39, 0.29) is 17.3 Å². The van der Waals surface area contributed by atoms with Crippen molar-refractivity contribution < 1.29 is 13.2 Å². The van der Waals surface area contributed by atoms with E-state index in [0.717, 1.165) is 16.7 Å². The summed E-state index contributed by atoms with van der Waals surface area (Å²) >= 11 is 0. The van der Waals surface area contributed by atoms with Crippen molar-refractivity contribution in [2.75, 3.05) is 13.1 Å². The van der Waals surface area contributed by atoms with Crippen molar-refractivity contribution in [1.29, 1.82) is 0 Å². The zero-order valence-electron chi connectivity index (χ0n) is 14.8. The van der Waals surface area contributed by atoms with Crippen molar-refractivity contribution in [3.05, 3.63) is 65.2 Å². The molecule has 2 aromatic rings. The van der Waals surface area contributed by atoms with Gasteiger partial charge in [-0.3, -0.25) is 4.79 Å². The van der Waals surface area contributed by atoms with E-state index in [0.29, 0.717) is 13.1 Å². The molecule has 0 aliphatic rings. The Bertz CT molecular complexity index is 833. The summed E-state index contributed by atoms with van der Waals surface area (Å²) < 4.78 is 27.4. The molecule has 0 heterocycles. The molecule has 25 heavy (non-hydrogen) atoms. The minimum Gasteiger partial charge on any atom is -0.337 e. The van der Waals surface area contributed by atoms with Crippen LogP contribution >= 0.6 is 0 Å². The van der Waals surface area contributed by atoms with E-state index in [1.165, 1.54) is 6.92 Å². The molecule has 2 rings (SSSR count). The molecular formula is C19H24N2O3S. The summed E-state index contributed by atoms with van der Waals surface area (Å²) in [6, 6.07) is 14.7. The van der Waals surface area contributed by atoms with E-state index in [1.54, 1.807) is 23.1 Å². The predicted molar refractivity (Wildman–Crippen MR) is 98.6 cm³/mol. The Kier molecular flexibility index (Phi) is 6.33. The van der Waals surface area contributed by atoms with Crippen LogP contribution in [0.2, 0.25) is 0 Å². The number of sulfonamides is 1. The van der Waals surface area contributed by atoms with Gasteiger partial charge in [-0.25, -0.2) is 13.1 Å². The third-order valence-electron chi connectivity index (χ3n) is 4.12. The Morgan fingerprint density at radius 3 is 2.32 bits per heavy atom. The van der Waals surface area contributed by atoms with Crippen molar-refractivity contribution in [2.45, 2.75) is 32.2 Å². The molecule has 0 spiro atoms. The third kappa shape index (κ3) is 5.41. The number of hydrogen-bond donors (Lipinski definition) is 1. The Morgan fingerprint density at radius 2 is 1.72 bits per heavy atom. The van der Waals surface area contributed by atoms with E-state index in [1.807, 2.05) is 44.2 Å². The normalized spacial score (nSPS) is 11.3. The Morgan fingerprint density at radius 1 is 1.04 bits per heavy atom. The minimum absolute atomic E-state index is 0.0887. The number of nitrogens with one attached hydrogen (secondary N) is 1. The molecule has 0 aliphatic carbocycles. The van der Waals surface area contributed by atoms with Crippen LogP contribution in [0.4, 0.5) is 0 Å². The molecule has 0 unspecified atom stereocenters. The van der Waals surface area contributed by atoms with Gasteiger partial charge in [0, 0.05) is 26.6 Å². The standard InChI is InChI=1S/C19H24N2O3S/c1-15-9-10-19(13-16(15)2)25(23,24)20-11-12-21(17(3)22)14-18-7-5-4-6-8-18/h4-10,13,20H,11-12,14H2,1-3H3. The maximum absolute atomic E-state index is 12.4. The molecule has 0 saturated heterocycles. The molecular weight excluding hydrogens is 336 g/mol. The first-order valence-corrected chi connectivity index (χ1v) is 9.64. The van der Waals surface area contributed by atoms with Crippen molar-refractivity contribution in [3.8, 4) is 0 Å². The molecule has 0 saturated carbocycles. The van der Waals surface area contributed by atoms with Gasteiger partial charge in [0.05, 0.1) is 4.90 Å². The number of benzene rings is 2. The fourth-order valence-corrected chi connectivity index (χ4v) is 3.54. The summed E-state index contributed by atoms with van der Waals surface area (Å²) in [6.45, 7) is 6.25. The molecule has 2 aromatic carbocycles. The van der Waals surface area contributed by atoms with Crippen LogP contribution in [0.5, 0.6) is 0 Å². The van der Waals surface area contributed by atoms with Gasteiger partial charge < -0.3 is 4.90 Å². The van der Waals surface area contributed by atoms with Gasteiger partial charge in [0.25, 0.3) is 0 Å². The first-order chi connectivity index (χ1) is 11.8. The van der Waals surface area contributed by atoms with E-state index in [2.05, 4.69) is 4.72 Å². The summed E-state index contributed by atoms with van der Waals surface area (Å²) in [5.41, 5.74) is 2.98. The van der Waals surface area contributed by atoms with Gasteiger partial charge in [-0.05, 0) is 42.7 Å². The van der Waals surface area contributed by atoms with E-state index >= 15 is 0 Å². The molecule has 0 radical (unpaired) electrons. The summed E-state index contributed by atoms with van der Waals surface area (Å²) in [7, 11) is -3.58. The van der Waals surface area contributed by atoms with Crippen LogP contribution in [0.25, 0.3) is 0 Å². The minimum atomic E-state index is -3.58. The molecule has 0 fully saturated rings. The zero-order valence-corrected chi connectivity index (χ0v) is 15.6. The van der Waals surface area contributed by atoms with E-state index in [4.69, 9.17) is 0 Å². The number of carbonyl (C=O) groups is 1. The lowest BCUT2D eigenvalue weighted by molar-refractivity contribution is -0.129. The number of rotatable bonds is 7. The van der Waals surface area contributed by atoms with E-state index < -0.39 is 10.0 Å². The van der Waals surface area contributed by atoms with Crippen LogP contribution in [0.1, 0.15) is 23.6 Å². The van der Waals surface area contributed by atoms with Gasteiger partial charge >= 0.3 is 0 Å². The first-order valence-electron chi connectivity index (χ1n) is 8.16. The molecule has 1 N–H and O–H groups in total. The molecule has 5 nitrogen and oxygen atoms in total. The second-order valence-electron chi connectivity index (χ2n) is 6.07. The quantitative estimate of drug-likeness (QED) is 0.825. The fraction of sp³-hybridized carbons (Fsp3) is 0.316. The van der Waals surface area contributed by atoms with Crippen LogP contribution in [-0.4, -0.2) is 32.3 Å². The van der Waals surface area contributed by atoms with Crippen molar-refractivity contribution in [3.63, 3.8) is 0 Å². The summed E-state index contributed by atoms with van der Waals surface area (Å²) in [5.74, 6) is -0.0887. The lowest BCUT2D eigenvalue weighted by atomic mass is 10.1. The topological polar surface area (TPSA) is 66.5 Å². The van der Waals surface area contributed by atoms with Crippen LogP contribution in [0, 0.1) is 13.8 Å². The average Bonchev–Trinajstić information content (AvgIpc) is 2.57. The van der Waals surface area contributed by atoms with Gasteiger partial charge in [-0.1, -0.05) is 36.4 Å². The maximum Gasteiger partial charge on any atom is 0.240 e. The van der Waals surface area contributed by atoms with Crippen molar-refractivity contribution in [2.24, 2.45) is 0 Å². The van der Waals surface area contributed by atoms with Gasteiger partial charge in [-0.2, -0.15) is 0 Å². The monoisotopic (exact) mass is 360 g/mol. The molecule has 134 valence electrons. The number of amides is 1. The summed E-state index contributed by atoms with van der Waals surface area (Å²) in [4.78, 5) is 13.7. The largest absolute Gasteiger partial charge is 0.337 e. The van der Waals surface area contributed by atoms with Crippen LogP contribution in [0.15, 0.2) is 53.4 Å². The lowest BCUT2D eigenvalue weighted by Crippen LogP contribution is -2.37. The number of carbonyl (C=O) groups excluding carboxylic acids is 1. The highest BCUT2D eigenvalue weighted by Gasteiger charge is 2.16. The van der Waals surface area contributed by atoms with Gasteiger partial charge in [-0.15, -0.1) is 0 Å². The molecule has 0 atom stereocenters.